The normalized spacial score (nSPS) is 12.3. The first-order valence-electron chi connectivity index (χ1n) is 15.9. The van der Waals surface area contributed by atoms with Crippen molar-refractivity contribution in [2.24, 2.45) is 0 Å². The van der Waals surface area contributed by atoms with Gasteiger partial charge in [0.1, 0.15) is 0 Å². The number of hydrogen-bond donors (Lipinski definition) is 0. The lowest BCUT2D eigenvalue weighted by Crippen LogP contribution is -2.06. The van der Waals surface area contributed by atoms with E-state index in [0.717, 1.165) is 38.1 Å². The average Bonchev–Trinajstić information content (AvgIpc) is 3.80. The van der Waals surface area contributed by atoms with E-state index in [9.17, 15) is 0 Å². The lowest BCUT2D eigenvalue weighted by atomic mass is 9.98. The van der Waals surface area contributed by atoms with E-state index in [-0.39, 0.29) is 0 Å². The Hall–Kier alpha value is -6.04. The summed E-state index contributed by atoms with van der Waals surface area (Å²) in [5.41, 5.74) is 5.44. The summed E-state index contributed by atoms with van der Waals surface area (Å²) in [5, 5.41) is 11.0. The van der Waals surface area contributed by atoms with E-state index in [1.807, 2.05) is 0 Å². The molecule has 0 atom stereocenters. The molecular formula is C42H24N4S. The number of aromatic nitrogens is 4. The number of para-hydroxylation sites is 4. The van der Waals surface area contributed by atoms with Crippen molar-refractivity contribution in [3.05, 3.63) is 146 Å². The maximum absolute atomic E-state index is 5.57. The van der Waals surface area contributed by atoms with Gasteiger partial charge in [0.2, 0.25) is 5.95 Å². The van der Waals surface area contributed by atoms with E-state index < -0.39 is 0 Å². The molecule has 0 unspecified atom stereocenters. The highest BCUT2D eigenvalue weighted by molar-refractivity contribution is 7.27. The minimum atomic E-state index is 0.670. The molecule has 11 rings (SSSR count). The third kappa shape index (κ3) is 3.31. The maximum Gasteiger partial charge on any atom is 0.237 e. The molecule has 4 heterocycles. The van der Waals surface area contributed by atoms with E-state index in [4.69, 9.17) is 9.97 Å². The zero-order chi connectivity index (χ0) is 30.6. The fourth-order valence-corrected chi connectivity index (χ4v) is 9.06. The Labute approximate surface area is 272 Å². The van der Waals surface area contributed by atoms with Crippen LogP contribution in [0, 0.1) is 0 Å². The SMILES string of the molecule is c1ccc2c(c1)c1ccccc1c1c3nc(-n4c5ccccc5c5ccccc54)nc(-n4c5ccccc5c5ccccc54)c3sc21. The highest BCUT2D eigenvalue weighted by atomic mass is 32.1. The van der Waals surface area contributed by atoms with Crippen molar-refractivity contribution >= 4 is 96.8 Å². The zero-order valence-corrected chi connectivity index (χ0v) is 25.9. The second-order valence-corrected chi connectivity index (χ2v) is 13.2. The van der Waals surface area contributed by atoms with Crippen LogP contribution in [0.1, 0.15) is 0 Å². The minimum Gasteiger partial charge on any atom is -0.292 e. The van der Waals surface area contributed by atoms with Gasteiger partial charge in [-0.25, -0.2) is 4.98 Å². The summed E-state index contributed by atoms with van der Waals surface area (Å²) < 4.78 is 6.92. The summed E-state index contributed by atoms with van der Waals surface area (Å²) in [4.78, 5) is 11.1. The van der Waals surface area contributed by atoms with Gasteiger partial charge in [-0.3, -0.25) is 9.13 Å². The maximum atomic E-state index is 5.57. The number of rotatable bonds is 2. The molecule has 0 aliphatic heterocycles. The number of thiophene rings is 1. The molecule has 47 heavy (non-hydrogen) atoms. The summed E-state index contributed by atoms with van der Waals surface area (Å²) in [6.07, 6.45) is 0. The molecule has 0 aliphatic rings. The molecule has 0 fully saturated rings. The van der Waals surface area contributed by atoms with Crippen LogP contribution in [-0.4, -0.2) is 19.1 Å². The van der Waals surface area contributed by atoms with Gasteiger partial charge >= 0.3 is 0 Å². The third-order valence-corrected chi connectivity index (χ3v) is 10.9. The van der Waals surface area contributed by atoms with Crippen LogP contribution in [0.3, 0.4) is 0 Å². The molecule has 5 heteroatoms. The molecule has 4 nitrogen and oxygen atoms in total. The monoisotopic (exact) mass is 616 g/mol. The van der Waals surface area contributed by atoms with Gasteiger partial charge in [-0.15, -0.1) is 11.3 Å². The van der Waals surface area contributed by atoms with Gasteiger partial charge in [-0.2, -0.15) is 4.98 Å². The predicted octanol–water partition coefficient (Wildman–Crippen LogP) is 11.3. The second-order valence-electron chi connectivity index (χ2n) is 12.2. The van der Waals surface area contributed by atoms with Gasteiger partial charge in [0.15, 0.2) is 5.82 Å². The van der Waals surface area contributed by atoms with Crippen molar-refractivity contribution in [3.63, 3.8) is 0 Å². The minimum absolute atomic E-state index is 0.670. The quantitative estimate of drug-likeness (QED) is 0.181. The van der Waals surface area contributed by atoms with Gasteiger partial charge in [0.25, 0.3) is 0 Å². The molecule has 4 aromatic heterocycles. The van der Waals surface area contributed by atoms with E-state index in [0.29, 0.717) is 5.95 Å². The van der Waals surface area contributed by atoms with Crippen LogP contribution in [0.25, 0.3) is 97.2 Å². The Balaban J connectivity index is 1.40. The van der Waals surface area contributed by atoms with Crippen LogP contribution >= 0.6 is 11.3 Å². The molecule has 0 amide bonds. The molecular weight excluding hydrogens is 593 g/mol. The Kier molecular flexibility index (Phi) is 4.96. The Morgan fingerprint density at radius 2 is 0.766 bits per heavy atom. The van der Waals surface area contributed by atoms with Gasteiger partial charge in [-0.05, 0) is 40.4 Å². The first kappa shape index (κ1) is 25.2. The van der Waals surface area contributed by atoms with Crippen LogP contribution in [-0.2, 0) is 0 Å². The Morgan fingerprint density at radius 1 is 0.362 bits per heavy atom. The van der Waals surface area contributed by atoms with Crippen LogP contribution in [0.2, 0.25) is 0 Å². The topological polar surface area (TPSA) is 35.6 Å². The fraction of sp³-hybridized carbons (Fsp3) is 0. The molecule has 0 N–H and O–H groups in total. The van der Waals surface area contributed by atoms with Gasteiger partial charge in [0.05, 0.1) is 32.3 Å². The first-order valence-corrected chi connectivity index (χ1v) is 16.7. The smallest absolute Gasteiger partial charge is 0.237 e. The van der Waals surface area contributed by atoms with E-state index >= 15 is 0 Å². The lowest BCUT2D eigenvalue weighted by Gasteiger charge is -2.12. The number of nitrogens with zero attached hydrogens (tertiary/aromatic N) is 4. The van der Waals surface area contributed by atoms with Gasteiger partial charge in [-0.1, -0.05) is 121 Å². The van der Waals surface area contributed by atoms with Gasteiger partial charge in [0, 0.05) is 37.0 Å². The van der Waals surface area contributed by atoms with Crippen LogP contribution in [0.15, 0.2) is 146 Å². The molecule has 0 radical (unpaired) electrons. The van der Waals surface area contributed by atoms with E-state index in [2.05, 4.69) is 155 Å². The summed E-state index contributed by atoms with van der Waals surface area (Å²) in [7, 11) is 0. The first-order chi connectivity index (χ1) is 23.3. The number of benzene rings is 7. The molecule has 0 saturated carbocycles. The predicted molar refractivity (Wildman–Crippen MR) is 199 cm³/mol. The van der Waals surface area contributed by atoms with Gasteiger partial charge < -0.3 is 0 Å². The summed E-state index contributed by atoms with van der Waals surface area (Å²) >= 11 is 1.81. The van der Waals surface area contributed by atoms with Crippen molar-refractivity contribution < 1.29 is 0 Å². The highest BCUT2D eigenvalue weighted by Gasteiger charge is 2.24. The van der Waals surface area contributed by atoms with Crippen LogP contribution in [0.4, 0.5) is 0 Å². The molecule has 0 bridgehead atoms. The lowest BCUT2D eigenvalue weighted by molar-refractivity contribution is 0.976. The molecule has 0 aliphatic carbocycles. The summed E-state index contributed by atoms with van der Waals surface area (Å²) in [6, 6.07) is 52.0. The molecule has 7 aromatic carbocycles. The number of fused-ring (bicyclic) bond motifs is 14. The third-order valence-electron chi connectivity index (χ3n) is 9.73. The zero-order valence-electron chi connectivity index (χ0n) is 25.1. The average molecular weight is 617 g/mol. The summed E-state index contributed by atoms with van der Waals surface area (Å²) in [6.45, 7) is 0. The largest absolute Gasteiger partial charge is 0.292 e. The number of hydrogen-bond acceptors (Lipinski definition) is 3. The molecule has 218 valence electrons. The molecule has 11 aromatic rings. The van der Waals surface area contributed by atoms with Crippen molar-refractivity contribution in [1.29, 1.82) is 0 Å². The van der Waals surface area contributed by atoms with Crippen molar-refractivity contribution in [2.45, 2.75) is 0 Å². The van der Waals surface area contributed by atoms with E-state index in [1.54, 1.807) is 11.3 Å². The Bertz CT molecular complexity index is 2980. The van der Waals surface area contributed by atoms with E-state index in [1.165, 1.54) is 53.2 Å². The standard InChI is InChI=1S/C42H24N4S/c1-3-19-31-25(13-1)26-14-2-4-20-32(26)39-37(31)38-40(47-39)41(45-33-21-9-5-15-27(33)28-16-6-10-22-34(28)45)44-42(43-38)46-35-23-11-7-17-29(35)30-18-8-12-24-36(30)46/h1-24H. The van der Waals surface area contributed by atoms with Crippen molar-refractivity contribution in [3.8, 4) is 11.8 Å². The molecule has 0 spiro atoms. The second kappa shape index (κ2) is 9.25. The summed E-state index contributed by atoms with van der Waals surface area (Å²) in [5.74, 6) is 1.57. The fourth-order valence-electron chi connectivity index (χ4n) is 7.78. The molecule has 0 saturated heterocycles. The van der Waals surface area contributed by atoms with Crippen LogP contribution in [0.5, 0.6) is 0 Å². The van der Waals surface area contributed by atoms with Crippen LogP contribution < -0.4 is 0 Å². The highest BCUT2D eigenvalue weighted by Crippen LogP contribution is 2.46. The van der Waals surface area contributed by atoms with Crippen molar-refractivity contribution in [2.75, 3.05) is 0 Å². The van der Waals surface area contributed by atoms with Crippen molar-refractivity contribution in [1.82, 2.24) is 19.1 Å². The Morgan fingerprint density at radius 3 is 1.30 bits per heavy atom.